The van der Waals surface area contributed by atoms with Crippen LogP contribution in [0.25, 0.3) is 0 Å². The highest BCUT2D eigenvalue weighted by molar-refractivity contribution is 6.13. The molecule has 32 heavy (non-hydrogen) atoms. The van der Waals surface area contributed by atoms with Gasteiger partial charge < -0.3 is 0 Å². The minimum atomic E-state index is -0.172. The van der Waals surface area contributed by atoms with Crippen LogP contribution < -0.4 is 0 Å². The minimum Gasteiger partial charge on any atom is -0.289 e. The first-order valence-corrected chi connectivity index (χ1v) is 12.4. The van der Waals surface area contributed by atoms with Gasteiger partial charge in [0.25, 0.3) is 0 Å². The molecule has 170 valence electrons. The van der Waals surface area contributed by atoms with Crippen LogP contribution in [-0.4, -0.2) is 11.6 Å². The second-order valence-corrected chi connectivity index (χ2v) is 11.8. The number of allylic oxidation sites excluding steroid dienone is 12. The van der Waals surface area contributed by atoms with Crippen LogP contribution in [0.4, 0.5) is 0 Å². The van der Waals surface area contributed by atoms with Crippen LogP contribution in [0.1, 0.15) is 92.9 Å². The zero-order valence-electron chi connectivity index (χ0n) is 20.8. The van der Waals surface area contributed by atoms with Crippen LogP contribution in [0.3, 0.4) is 0 Å². The predicted octanol–water partition coefficient (Wildman–Crippen LogP) is 7.69. The molecule has 0 atom stereocenters. The van der Waals surface area contributed by atoms with E-state index in [4.69, 9.17) is 0 Å². The maximum absolute atomic E-state index is 13.2. The lowest BCUT2D eigenvalue weighted by Crippen LogP contribution is -2.25. The summed E-state index contributed by atoms with van der Waals surface area (Å²) in [6, 6.07) is 0. The summed E-state index contributed by atoms with van der Waals surface area (Å²) in [5.74, 6) is 0.514. The SMILES string of the molecule is CC(C)(C)C1=C/C(=C/C=C2\C=C(C(C)(C)C)C(=O)C3=C2CCCC3)C2=C(CCCC2)C1=O. The molecule has 0 radical (unpaired) electrons. The van der Waals surface area contributed by atoms with Crippen molar-refractivity contribution in [3.8, 4) is 0 Å². The molecule has 0 amide bonds. The molecule has 0 fully saturated rings. The Morgan fingerprint density at radius 2 is 0.875 bits per heavy atom. The number of carbonyl (C=O) groups excluding carboxylic acids is 2. The molecule has 0 aliphatic heterocycles. The van der Waals surface area contributed by atoms with Gasteiger partial charge >= 0.3 is 0 Å². The second-order valence-electron chi connectivity index (χ2n) is 11.8. The number of hydrogen-bond donors (Lipinski definition) is 0. The van der Waals surface area contributed by atoms with Crippen molar-refractivity contribution in [2.24, 2.45) is 10.8 Å². The largest absolute Gasteiger partial charge is 0.289 e. The third kappa shape index (κ3) is 4.21. The van der Waals surface area contributed by atoms with Crippen molar-refractivity contribution in [3.05, 3.63) is 68.9 Å². The summed E-state index contributed by atoms with van der Waals surface area (Å²) in [7, 11) is 0. The molecule has 0 aromatic heterocycles. The molecule has 0 saturated carbocycles. The normalized spacial score (nSPS) is 25.2. The topological polar surface area (TPSA) is 34.1 Å². The zero-order valence-corrected chi connectivity index (χ0v) is 20.8. The van der Waals surface area contributed by atoms with Gasteiger partial charge in [0, 0.05) is 22.3 Å². The van der Waals surface area contributed by atoms with Gasteiger partial charge in [0.2, 0.25) is 0 Å². The third-order valence-electron chi connectivity index (χ3n) is 7.33. The quantitative estimate of drug-likeness (QED) is 0.427. The maximum Gasteiger partial charge on any atom is 0.185 e. The lowest BCUT2D eigenvalue weighted by Gasteiger charge is -2.32. The number of hydrogen-bond acceptors (Lipinski definition) is 2. The second kappa shape index (κ2) is 8.28. The molecule has 4 aliphatic carbocycles. The van der Waals surface area contributed by atoms with Gasteiger partial charge in [-0.05, 0) is 96.6 Å². The van der Waals surface area contributed by atoms with E-state index in [0.717, 1.165) is 73.7 Å². The summed E-state index contributed by atoms with van der Waals surface area (Å²) in [5.41, 5.74) is 8.45. The van der Waals surface area contributed by atoms with Gasteiger partial charge in [-0.1, -0.05) is 53.7 Å². The molecule has 0 spiro atoms. The van der Waals surface area contributed by atoms with Gasteiger partial charge in [-0.15, -0.1) is 0 Å². The molecule has 2 nitrogen and oxygen atoms in total. The Hall–Kier alpha value is -2.22. The first-order valence-electron chi connectivity index (χ1n) is 12.4. The van der Waals surface area contributed by atoms with Crippen LogP contribution in [0.5, 0.6) is 0 Å². The monoisotopic (exact) mass is 430 g/mol. The van der Waals surface area contributed by atoms with Crippen molar-refractivity contribution in [2.45, 2.75) is 92.9 Å². The number of rotatable bonds is 1. The van der Waals surface area contributed by atoms with Crippen molar-refractivity contribution < 1.29 is 9.59 Å². The molecule has 2 heteroatoms. The highest BCUT2D eigenvalue weighted by Gasteiger charge is 2.34. The third-order valence-corrected chi connectivity index (χ3v) is 7.33. The van der Waals surface area contributed by atoms with Crippen molar-refractivity contribution in [3.63, 3.8) is 0 Å². The lowest BCUT2D eigenvalue weighted by molar-refractivity contribution is -0.114. The zero-order chi connectivity index (χ0) is 23.3. The molecule has 4 rings (SSSR count). The van der Waals surface area contributed by atoms with E-state index in [1.54, 1.807) is 0 Å². The highest BCUT2D eigenvalue weighted by Crippen LogP contribution is 2.43. The molecule has 0 heterocycles. The Labute approximate surface area is 193 Å². The van der Waals surface area contributed by atoms with Crippen LogP contribution in [0.15, 0.2) is 68.9 Å². The van der Waals surface area contributed by atoms with E-state index in [0.29, 0.717) is 0 Å². The van der Waals surface area contributed by atoms with E-state index in [-0.39, 0.29) is 22.4 Å². The summed E-state index contributed by atoms with van der Waals surface area (Å²) in [4.78, 5) is 26.4. The fourth-order valence-corrected chi connectivity index (χ4v) is 5.48. The molecule has 0 aromatic rings. The average molecular weight is 431 g/mol. The molecule has 4 aliphatic rings. The maximum atomic E-state index is 13.2. The molecule has 0 bridgehead atoms. The molecule has 0 unspecified atom stereocenters. The molecule has 0 N–H and O–H groups in total. The standard InChI is InChI=1S/C30H38O2/c1-29(2,3)25-17-19(21-11-7-9-13-23(21)27(25)31)15-16-20-18-26(30(4,5)6)28(32)24-14-10-8-12-22(20)24/h15-18H,7-14H2,1-6H3/b19-15-,20-16+. The van der Waals surface area contributed by atoms with Gasteiger partial charge in [-0.25, -0.2) is 0 Å². The number of ketones is 2. The Balaban J connectivity index is 1.84. The number of Topliss-reactive ketones (excluding diaryl/α,β-unsaturated/α-hetero) is 2. The van der Waals surface area contributed by atoms with Gasteiger partial charge in [-0.3, -0.25) is 9.59 Å². The van der Waals surface area contributed by atoms with Gasteiger partial charge in [0.05, 0.1) is 0 Å². The van der Waals surface area contributed by atoms with E-state index >= 15 is 0 Å². The van der Waals surface area contributed by atoms with Gasteiger partial charge in [0.15, 0.2) is 11.6 Å². The van der Waals surface area contributed by atoms with E-state index in [2.05, 4.69) is 65.8 Å². The Morgan fingerprint density at radius 1 is 0.562 bits per heavy atom. The summed E-state index contributed by atoms with van der Waals surface area (Å²) in [6.07, 6.45) is 17.0. The molecule has 0 aromatic carbocycles. The summed E-state index contributed by atoms with van der Waals surface area (Å²) in [5, 5.41) is 0. The van der Waals surface area contributed by atoms with Crippen molar-refractivity contribution in [2.75, 3.05) is 0 Å². The number of carbonyl (C=O) groups is 2. The van der Waals surface area contributed by atoms with E-state index < -0.39 is 0 Å². The smallest absolute Gasteiger partial charge is 0.185 e. The lowest BCUT2D eigenvalue weighted by atomic mass is 9.71. The van der Waals surface area contributed by atoms with Gasteiger partial charge in [0.1, 0.15) is 0 Å². The molecular formula is C30H38O2. The first kappa shape index (κ1) is 23.0. The van der Waals surface area contributed by atoms with E-state index in [1.807, 2.05) is 0 Å². The molecule has 0 saturated heterocycles. The Morgan fingerprint density at radius 3 is 1.19 bits per heavy atom. The van der Waals surface area contributed by atoms with Crippen molar-refractivity contribution in [1.29, 1.82) is 0 Å². The summed E-state index contributed by atoms with van der Waals surface area (Å²) < 4.78 is 0. The van der Waals surface area contributed by atoms with E-state index in [9.17, 15) is 9.59 Å². The van der Waals surface area contributed by atoms with E-state index in [1.165, 1.54) is 22.3 Å². The van der Waals surface area contributed by atoms with Crippen molar-refractivity contribution in [1.82, 2.24) is 0 Å². The minimum absolute atomic E-state index is 0.172. The Kier molecular flexibility index (Phi) is 5.94. The fourth-order valence-electron chi connectivity index (χ4n) is 5.48. The van der Waals surface area contributed by atoms with Crippen molar-refractivity contribution >= 4 is 11.6 Å². The predicted molar refractivity (Wildman–Crippen MR) is 132 cm³/mol. The van der Waals surface area contributed by atoms with Crippen LogP contribution in [-0.2, 0) is 9.59 Å². The van der Waals surface area contributed by atoms with Crippen LogP contribution in [0.2, 0.25) is 0 Å². The summed E-state index contributed by atoms with van der Waals surface area (Å²) >= 11 is 0. The van der Waals surface area contributed by atoms with Gasteiger partial charge in [-0.2, -0.15) is 0 Å². The average Bonchev–Trinajstić information content (AvgIpc) is 2.73. The highest BCUT2D eigenvalue weighted by atomic mass is 16.1. The van der Waals surface area contributed by atoms with Crippen LogP contribution in [0, 0.1) is 10.8 Å². The first-order chi connectivity index (χ1) is 15.0. The summed E-state index contributed by atoms with van der Waals surface area (Å²) in [6.45, 7) is 12.8. The Bertz CT molecular complexity index is 963. The fraction of sp³-hybridized carbons (Fsp3) is 0.533. The molecular weight excluding hydrogens is 392 g/mol. The van der Waals surface area contributed by atoms with Crippen LogP contribution >= 0.6 is 0 Å².